The van der Waals surface area contributed by atoms with Crippen LogP contribution in [0.15, 0.2) is 5.16 Å². The van der Waals surface area contributed by atoms with E-state index in [1.807, 2.05) is 18.2 Å². The minimum Gasteiger partial charge on any atom is -0.378 e. The van der Waals surface area contributed by atoms with Crippen molar-refractivity contribution in [3.63, 3.8) is 0 Å². The highest BCUT2D eigenvalue weighted by Gasteiger charge is 2.31. The normalized spacial score (nSPS) is 25.6. The second-order valence-corrected chi connectivity index (χ2v) is 7.09. The van der Waals surface area contributed by atoms with E-state index in [1.165, 1.54) is 4.90 Å². The van der Waals surface area contributed by atoms with Crippen molar-refractivity contribution in [2.75, 3.05) is 52.2 Å². The van der Waals surface area contributed by atoms with Gasteiger partial charge in [-0.1, -0.05) is 11.8 Å². The largest absolute Gasteiger partial charge is 0.378 e. The molecule has 1 aromatic rings. The first-order valence-corrected chi connectivity index (χ1v) is 9.54. The maximum Gasteiger partial charge on any atom is 0.277 e. The monoisotopic (exact) mass is 340 g/mol. The van der Waals surface area contributed by atoms with Crippen molar-refractivity contribution in [2.45, 2.75) is 23.9 Å². The van der Waals surface area contributed by atoms with Crippen molar-refractivity contribution in [1.82, 2.24) is 19.7 Å². The molecule has 0 aliphatic carbocycles. The predicted molar refractivity (Wildman–Crippen MR) is 87.7 cm³/mol. The van der Waals surface area contributed by atoms with E-state index < -0.39 is 0 Å². The molecule has 2 fully saturated rings. The summed E-state index contributed by atoms with van der Waals surface area (Å²) < 4.78 is 7.42. The van der Waals surface area contributed by atoms with Crippen LogP contribution >= 0.6 is 11.8 Å². The molecule has 3 rings (SSSR count). The van der Waals surface area contributed by atoms with Gasteiger partial charge in [0.15, 0.2) is 11.7 Å². The van der Waals surface area contributed by atoms with Crippen LogP contribution in [-0.2, 0) is 16.6 Å². The molecule has 23 heavy (non-hydrogen) atoms. The van der Waals surface area contributed by atoms with E-state index in [2.05, 4.69) is 14.8 Å². The van der Waals surface area contributed by atoms with Gasteiger partial charge in [-0.2, -0.15) is 0 Å². The number of carbonyl (C=O) groups is 1. The van der Waals surface area contributed by atoms with Crippen LogP contribution in [0.4, 0.5) is 0 Å². The van der Waals surface area contributed by atoms with Crippen molar-refractivity contribution in [1.29, 1.82) is 0 Å². The van der Waals surface area contributed by atoms with Crippen molar-refractivity contribution in [3.8, 4) is 0 Å². The van der Waals surface area contributed by atoms with Gasteiger partial charge < -0.3 is 19.1 Å². The van der Waals surface area contributed by atoms with Gasteiger partial charge in [0.25, 0.3) is 5.91 Å². The van der Waals surface area contributed by atoms with Crippen LogP contribution in [0.1, 0.15) is 24.6 Å². The Hall–Kier alpha value is -1.12. The molecule has 128 valence electrons. The zero-order chi connectivity index (χ0) is 16.2. The average Bonchev–Trinajstić information content (AvgIpc) is 2.96. The van der Waals surface area contributed by atoms with Crippen molar-refractivity contribution >= 4 is 17.7 Å². The van der Waals surface area contributed by atoms with Crippen LogP contribution in [-0.4, -0.2) is 77.8 Å². The summed E-state index contributed by atoms with van der Waals surface area (Å²) in [6.07, 6.45) is 4.29. The lowest BCUT2D eigenvalue weighted by molar-refractivity contribution is -0.898. The van der Waals surface area contributed by atoms with E-state index in [4.69, 9.17) is 4.74 Å². The number of hydrogen-bond acceptors (Lipinski definition) is 5. The van der Waals surface area contributed by atoms with Gasteiger partial charge in [-0.05, 0) is 19.1 Å². The maximum absolute atomic E-state index is 12.4. The van der Waals surface area contributed by atoms with E-state index >= 15 is 0 Å². The molecule has 0 saturated carbocycles. The number of aromatic nitrogens is 3. The second-order valence-electron chi connectivity index (χ2n) is 6.32. The first kappa shape index (κ1) is 16.7. The number of nitrogens with zero attached hydrogens (tertiary/aromatic N) is 4. The number of rotatable bonds is 4. The topological polar surface area (TPSA) is 64.7 Å². The van der Waals surface area contributed by atoms with Gasteiger partial charge >= 0.3 is 0 Å². The van der Waals surface area contributed by atoms with Gasteiger partial charge in [0, 0.05) is 20.1 Å². The Kier molecular flexibility index (Phi) is 5.55. The number of amides is 1. The van der Waals surface area contributed by atoms with E-state index in [1.54, 1.807) is 11.8 Å². The standard InChI is InChI=1S/C15H25N5O2S/c1-18-14(16-17-15(18)23-2)12-4-3-5-19(10-12)11-13(21)20-6-8-22-9-7-20/h12H,3-11H2,1-2H3/p+1/t12-/m0/s1. The molecule has 8 heteroatoms. The number of thioether (sulfide) groups is 1. The molecule has 2 aliphatic heterocycles. The predicted octanol–water partition coefficient (Wildman–Crippen LogP) is -0.842. The van der Waals surface area contributed by atoms with Crippen LogP contribution in [0, 0.1) is 0 Å². The number of likely N-dealkylation sites (tertiary alicyclic amines) is 1. The maximum atomic E-state index is 12.4. The third-order valence-corrected chi connectivity index (χ3v) is 5.52. The minimum absolute atomic E-state index is 0.256. The van der Waals surface area contributed by atoms with Crippen LogP contribution in [0.5, 0.6) is 0 Å². The van der Waals surface area contributed by atoms with Crippen molar-refractivity contribution in [3.05, 3.63) is 5.82 Å². The lowest BCUT2D eigenvalue weighted by atomic mass is 9.97. The molecular weight excluding hydrogens is 314 g/mol. The number of nitrogens with one attached hydrogen (secondary N) is 1. The first-order valence-electron chi connectivity index (χ1n) is 8.31. The Morgan fingerprint density at radius 3 is 2.87 bits per heavy atom. The average molecular weight is 340 g/mol. The van der Waals surface area contributed by atoms with Gasteiger partial charge in [-0.15, -0.1) is 10.2 Å². The molecule has 3 heterocycles. The fraction of sp³-hybridized carbons (Fsp3) is 0.800. The SMILES string of the molecule is CSc1nnc([C@H]2CCC[NH+](CC(=O)N3CCOCC3)C2)n1C. The molecule has 7 nitrogen and oxygen atoms in total. The number of ether oxygens (including phenoxy) is 1. The van der Waals surface area contributed by atoms with Crippen LogP contribution in [0.25, 0.3) is 0 Å². The lowest BCUT2D eigenvalue weighted by Gasteiger charge is -2.32. The van der Waals surface area contributed by atoms with E-state index in [0.29, 0.717) is 25.7 Å². The number of carbonyl (C=O) groups excluding carboxylic acids is 1. The summed E-state index contributed by atoms with van der Waals surface area (Å²) in [7, 11) is 2.04. The summed E-state index contributed by atoms with van der Waals surface area (Å²) in [6, 6.07) is 0. The Bertz CT molecular complexity index is 544. The lowest BCUT2D eigenvalue weighted by Crippen LogP contribution is -3.14. The number of piperidine rings is 1. The molecule has 1 N–H and O–H groups in total. The summed E-state index contributed by atoms with van der Waals surface area (Å²) in [5.41, 5.74) is 0. The highest BCUT2D eigenvalue weighted by atomic mass is 32.2. The van der Waals surface area contributed by atoms with Gasteiger partial charge in [-0.3, -0.25) is 4.79 Å². The highest BCUT2D eigenvalue weighted by molar-refractivity contribution is 7.98. The summed E-state index contributed by atoms with van der Waals surface area (Å²) in [6.45, 7) is 5.42. The van der Waals surface area contributed by atoms with E-state index in [-0.39, 0.29) is 5.91 Å². The van der Waals surface area contributed by atoms with Crippen molar-refractivity contribution < 1.29 is 14.4 Å². The van der Waals surface area contributed by atoms with Gasteiger partial charge in [0.2, 0.25) is 0 Å². The van der Waals surface area contributed by atoms with Crippen LogP contribution < -0.4 is 4.90 Å². The van der Waals surface area contributed by atoms with Crippen LogP contribution in [0.3, 0.4) is 0 Å². The fourth-order valence-electron chi connectivity index (χ4n) is 3.53. The Morgan fingerprint density at radius 2 is 2.17 bits per heavy atom. The Labute approximate surface area is 141 Å². The molecule has 2 atom stereocenters. The van der Waals surface area contributed by atoms with Crippen LogP contribution in [0.2, 0.25) is 0 Å². The number of quaternary nitrogens is 1. The zero-order valence-corrected chi connectivity index (χ0v) is 14.8. The summed E-state index contributed by atoms with van der Waals surface area (Å²) in [4.78, 5) is 15.7. The quantitative estimate of drug-likeness (QED) is 0.724. The fourth-order valence-corrected chi connectivity index (χ4v) is 4.02. The third-order valence-electron chi connectivity index (χ3n) is 4.80. The van der Waals surface area contributed by atoms with E-state index in [9.17, 15) is 4.79 Å². The summed E-state index contributed by atoms with van der Waals surface area (Å²) in [5.74, 6) is 1.71. The molecule has 0 radical (unpaired) electrons. The molecule has 0 aromatic carbocycles. The highest BCUT2D eigenvalue weighted by Crippen LogP contribution is 2.22. The molecule has 0 bridgehead atoms. The van der Waals surface area contributed by atoms with Crippen molar-refractivity contribution in [2.24, 2.45) is 7.05 Å². The zero-order valence-electron chi connectivity index (χ0n) is 14.0. The second kappa shape index (κ2) is 7.63. The molecule has 1 unspecified atom stereocenters. The smallest absolute Gasteiger partial charge is 0.277 e. The Balaban J connectivity index is 1.59. The number of morpholine rings is 1. The van der Waals surface area contributed by atoms with Gasteiger partial charge in [0.05, 0.1) is 32.2 Å². The molecule has 0 spiro atoms. The van der Waals surface area contributed by atoms with E-state index in [0.717, 1.165) is 50.0 Å². The summed E-state index contributed by atoms with van der Waals surface area (Å²) in [5, 5.41) is 9.58. The Morgan fingerprint density at radius 1 is 1.39 bits per heavy atom. The molecule has 1 amide bonds. The van der Waals surface area contributed by atoms with Gasteiger partial charge in [0.1, 0.15) is 5.82 Å². The minimum atomic E-state index is 0.256. The first-order chi connectivity index (χ1) is 11.2. The molecule has 2 aliphatic rings. The van der Waals surface area contributed by atoms with Gasteiger partial charge in [-0.25, -0.2) is 0 Å². The molecule has 2 saturated heterocycles. The summed E-state index contributed by atoms with van der Waals surface area (Å²) >= 11 is 1.62. The number of hydrogen-bond donors (Lipinski definition) is 1. The third kappa shape index (κ3) is 3.87. The molecule has 1 aromatic heterocycles. The molecular formula is C15H26N5O2S+.